The van der Waals surface area contributed by atoms with Gasteiger partial charge in [0.1, 0.15) is 0 Å². The zero-order valence-electron chi connectivity index (χ0n) is 9.14. The molecule has 15 heavy (non-hydrogen) atoms. The first-order valence-electron chi connectivity index (χ1n) is 5.05. The van der Waals surface area contributed by atoms with Crippen molar-refractivity contribution in [2.45, 2.75) is 19.1 Å². The largest absolute Gasteiger partial charge is 0.390 e. The van der Waals surface area contributed by atoms with Crippen LogP contribution in [0.4, 0.5) is 0 Å². The van der Waals surface area contributed by atoms with E-state index in [0.717, 1.165) is 12.3 Å². The molecule has 2 N–H and O–H groups in total. The van der Waals surface area contributed by atoms with Gasteiger partial charge >= 0.3 is 0 Å². The fraction of sp³-hybridized carbons (Fsp3) is 1.00. The van der Waals surface area contributed by atoms with E-state index in [-0.39, 0.29) is 17.5 Å². The molecule has 3 atom stereocenters. The summed E-state index contributed by atoms with van der Waals surface area (Å²) in [4.78, 5) is 0. The third-order valence-corrected chi connectivity index (χ3v) is 5.12. The van der Waals surface area contributed by atoms with Crippen molar-refractivity contribution in [1.82, 2.24) is 5.32 Å². The molecule has 0 spiro atoms. The Morgan fingerprint density at radius 2 is 2.20 bits per heavy atom. The molecule has 90 valence electrons. The second-order valence-corrected chi connectivity index (χ2v) is 7.28. The Balaban J connectivity index is 2.34. The molecule has 1 saturated heterocycles. The molecule has 0 aromatic carbocycles. The van der Waals surface area contributed by atoms with Gasteiger partial charge in [-0.15, -0.1) is 0 Å². The lowest BCUT2D eigenvalue weighted by Gasteiger charge is -2.17. The van der Waals surface area contributed by atoms with Crippen LogP contribution in [0.3, 0.4) is 0 Å². The highest BCUT2D eigenvalue weighted by Crippen LogP contribution is 2.13. The van der Waals surface area contributed by atoms with E-state index >= 15 is 0 Å². The third-order valence-electron chi connectivity index (χ3n) is 2.50. The molecule has 6 heteroatoms. The van der Waals surface area contributed by atoms with Crippen molar-refractivity contribution in [3.8, 4) is 0 Å². The molecule has 1 aliphatic heterocycles. The van der Waals surface area contributed by atoms with E-state index in [1.807, 2.05) is 6.26 Å². The number of aliphatic hydroxyl groups is 1. The SMILES string of the molecule is CSCC(C)CNC1CS(=O)(=O)CC1O. The average Bonchev–Trinajstić information content (AvgIpc) is 2.36. The van der Waals surface area contributed by atoms with Crippen LogP contribution in [0, 0.1) is 5.92 Å². The lowest BCUT2D eigenvalue weighted by molar-refractivity contribution is 0.164. The molecule has 0 aromatic rings. The monoisotopic (exact) mass is 253 g/mol. The Morgan fingerprint density at radius 1 is 1.53 bits per heavy atom. The number of hydrogen-bond donors (Lipinski definition) is 2. The topological polar surface area (TPSA) is 66.4 Å². The van der Waals surface area contributed by atoms with Crippen molar-refractivity contribution in [3.05, 3.63) is 0 Å². The molecule has 1 heterocycles. The van der Waals surface area contributed by atoms with Gasteiger partial charge < -0.3 is 10.4 Å². The highest BCUT2D eigenvalue weighted by Gasteiger charge is 2.35. The van der Waals surface area contributed by atoms with Crippen molar-refractivity contribution in [3.63, 3.8) is 0 Å². The van der Waals surface area contributed by atoms with Gasteiger partial charge in [-0.1, -0.05) is 6.92 Å². The number of aliphatic hydroxyl groups excluding tert-OH is 1. The van der Waals surface area contributed by atoms with Crippen molar-refractivity contribution >= 4 is 21.6 Å². The third kappa shape index (κ3) is 4.30. The van der Waals surface area contributed by atoms with Crippen molar-refractivity contribution in [2.24, 2.45) is 5.92 Å². The Kier molecular flexibility index (Phi) is 4.89. The maximum Gasteiger partial charge on any atom is 0.154 e. The predicted molar refractivity (Wildman–Crippen MR) is 64.0 cm³/mol. The van der Waals surface area contributed by atoms with Crippen molar-refractivity contribution < 1.29 is 13.5 Å². The number of nitrogens with one attached hydrogen (secondary N) is 1. The Bertz CT molecular complexity index is 292. The van der Waals surface area contributed by atoms with Gasteiger partial charge in [0.05, 0.1) is 17.6 Å². The molecular formula is C9H19NO3S2. The van der Waals surface area contributed by atoms with Crippen LogP contribution in [0.2, 0.25) is 0 Å². The van der Waals surface area contributed by atoms with Crippen molar-refractivity contribution in [1.29, 1.82) is 0 Å². The molecule has 0 bridgehead atoms. The van der Waals surface area contributed by atoms with Gasteiger partial charge in [0.15, 0.2) is 9.84 Å². The average molecular weight is 253 g/mol. The maximum atomic E-state index is 11.2. The number of hydrogen-bond acceptors (Lipinski definition) is 5. The zero-order chi connectivity index (χ0) is 11.5. The Morgan fingerprint density at radius 3 is 2.67 bits per heavy atom. The highest BCUT2D eigenvalue weighted by atomic mass is 32.2. The highest BCUT2D eigenvalue weighted by molar-refractivity contribution is 7.98. The summed E-state index contributed by atoms with van der Waals surface area (Å²) in [6, 6.07) is -0.278. The van der Waals surface area contributed by atoms with Crippen LogP contribution in [0.25, 0.3) is 0 Å². The summed E-state index contributed by atoms with van der Waals surface area (Å²) in [7, 11) is -3.02. The van der Waals surface area contributed by atoms with Gasteiger partial charge in [-0.05, 0) is 24.5 Å². The second kappa shape index (κ2) is 5.52. The number of sulfone groups is 1. The minimum atomic E-state index is -3.02. The minimum absolute atomic E-state index is 0.0696. The second-order valence-electron chi connectivity index (χ2n) is 4.22. The van der Waals surface area contributed by atoms with Crippen LogP contribution < -0.4 is 5.32 Å². The van der Waals surface area contributed by atoms with Crippen LogP contribution >= 0.6 is 11.8 Å². The molecule has 4 nitrogen and oxygen atoms in total. The minimum Gasteiger partial charge on any atom is -0.390 e. The normalized spacial score (nSPS) is 31.7. The maximum absolute atomic E-state index is 11.2. The van der Waals surface area contributed by atoms with Crippen LogP contribution in [0.1, 0.15) is 6.92 Å². The zero-order valence-corrected chi connectivity index (χ0v) is 10.8. The molecule has 3 unspecified atom stereocenters. The van der Waals surface area contributed by atoms with Crippen LogP contribution in [0.5, 0.6) is 0 Å². The molecule has 0 aliphatic carbocycles. The van der Waals surface area contributed by atoms with Crippen LogP contribution in [0.15, 0.2) is 0 Å². The number of rotatable bonds is 5. The van der Waals surface area contributed by atoms with Gasteiger partial charge in [-0.2, -0.15) is 11.8 Å². The summed E-state index contributed by atoms with van der Waals surface area (Å²) in [6.45, 7) is 2.87. The molecule has 1 rings (SSSR count). The summed E-state index contributed by atoms with van der Waals surface area (Å²) < 4.78 is 22.4. The smallest absolute Gasteiger partial charge is 0.154 e. The molecule has 0 amide bonds. The Hall–Kier alpha value is 0.220. The molecule has 0 aromatic heterocycles. The quantitative estimate of drug-likeness (QED) is 0.706. The fourth-order valence-electron chi connectivity index (χ4n) is 1.72. The van der Waals surface area contributed by atoms with E-state index in [9.17, 15) is 13.5 Å². The van der Waals surface area contributed by atoms with Gasteiger partial charge in [-0.3, -0.25) is 0 Å². The summed E-state index contributed by atoms with van der Waals surface area (Å²) >= 11 is 1.77. The van der Waals surface area contributed by atoms with E-state index in [1.54, 1.807) is 11.8 Å². The molecule has 1 aliphatic rings. The summed E-state index contributed by atoms with van der Waals surface area (Å²) in [5.74, 6) is 1.51. The van der Waals surface area contributed by atoms with Gasteiger partial charge in [0.25, 0.3) is 0 Å². The molecular weight excluding hydrogens is 234 g/mol. The molecule has 0 saturated carbocycles. The van der Waals surface area contributed by atoms with Crippen LogP contribution in [-0.2, 0) is 9.84 Å². The van der Waals surface area contributed by atoms with Gasteiger partial charge in [0, 0.05) is 6.04 Å². The summed E-state index contributed by atoms with van der Waals surface area (Å²) in [5.41, 5.74) is 0. The Labute approximate surface area is 95.7 Å². The molecule has 0 radical (unpaired) electrons. The summed E-state index contributed by atoms with van der Waals surface area (Å²) in [5, 5.41) is 12.6. The van der Waals surface area contributed by atoms with E-state index in [4.69, 9.17) is 0 Å². The fourth-order valence-corrected chi connectivity index (χ4v) is 4.18. The lowest BCUT2D eigenvalue weighted by atomic mass is 10.1. The van der Waals surface area contributed by atoms with Crippen molar-refractivity contribution in [2.75, 3.05) is 30.1 Å². The van der Waals surface area contributed by atoms with E-state index in [1.165, 1.54) is 0 Å². The first-order chi connectivity index (χ1) is 6.94. The van der Waals surface area contributed by atoms with E-state index in [0.29, 0.717) is 5.92 Å². The van der Waals surface area contributed by atoms with Crippen LogP contribution in [-0.4, -0.2) is 55.7 Å². The van der Waals surface area contributed by atoms with E-state index < -0.39 is 15.9 Å². The standard InChI is InChI=1S/C9H19NO3S2/c1-7(4-14-2)3-10-8-5-15(12,13)6-9(8)11/h7-11H,3-6H2,1-2H3. The van der Waals surface area contributed by atoms with E-state index in [2.05, 4.69) is 12.2 Å². The predicted octanol–water partition coefficient (Wildman–Crippen LogP) is -0.267. The van der Waals surface area contributed by atoms with Gasteiger partial charge in [0.2, 0.25) is 0 Å². The molecule has 1 fully saturated rings. The first kappa shape index (κ1) is 13.3. The summed E-state index contributed by atoms with van der Waals surface area (Å²) in [6.07, 6.45) is 1.31. The first-order valence-corrected chi connectivity index (χ1v) is 8.27. The van der Waals surface area contributed by atoms with Gasteiger partial charge in [-0.25, -0.2) is 8.42 Å². The lowest BCUT2D eigenvalue weighted by Crippen LogP contribution is -2.41. The number of thioether (sulfide) groups is 1.